The normalized spacial score (nSPS) is 14.7. The van der Waals surface area contributed by atoms with Gasteiger partial charge >= 0.3 is 11.9 Å². The average molecular weight is 487 g/mol. The number of piperidine rings is 1. The second kappa shape index (κ2) is 12.2. The molecule has 0 unspecified atom stereocenters. The van der Waals surface area contributed by atoms with Crippen molar-refractivity contribution in [2.45, 2.75) is 25.8 Å². The fourth-order valence-electron chi connectivity index (χ4n) is 3.86. The molecule has 1 fully saturated rings. The van der Waals surface area contributed by atoms with Crippen molar-refractivity contribution in [2.75, 3.05) is 19.6 Å². The minimum atomic E-state index is -1.26. The largest absolute Gasteiger partial charge is 0.478 e. The molecule has 9 heteroatoms. The van der Waals surface area contributed by atoms with Crippen molar-refractivity contribution in [3.05, 3.63) is 81.6 Å². The van der Waals surface area contributed by atoms with Crippen molar-refractivity contribution in [1.82, 2.24) is 9.64 Å². The predicted octanol–water partition coefficient (Wildman–Crippen LogP) is 3.91. The third kappa shape index (κ3) is 7.60. The van der Waals surface area contributed by atoms with Gasteiger partial charge in [-0.3, -0.25) is 4.79 Å². The van der Waals surface area contributed by atoms with Gasteiger partial charge in [0, 0.05) is 29.8 Å². The van der Waals surface area contributed by atoms with Crippen LogP contribution in [0.3, 0.4) is 0 Å². The second-order valence-corrected chi connectivity index (χ2v) is 8.56. The van der Waals surface area contributed by atoms with E-state index in [4.69, 9.17) is 26.3 Å². The topological polar surface area (TPSA) is 113 Å². The first kappa shape index (κ1) is 25.3. The molecule has 180 valence electrons. The number of fused-ring (bicyclic) bond motifs is 1. The zero-order valence-corrected chi connectivity index (χ0v) is 19.4. The number of carboxylic acids is 2. The van der Waals surface area contributed by atoms with E-state index in [9.17, 15) is 14.4 Å². The first-order valence-electron chi connectivity index (χ1n) is 11.0. The van der Waals surface area contributed by atoms with Gasteiger partial charge in [0.1, 0.15) is 0 Å². The Kier molecular flexibility index (Phi) is 9.07. The number of aliphatic carboxylic acids is 2. The molecule has 0 saturated carbocycles. The Morgan fingerprint density at radius 3 is 2.29 bits per heavy atom. The van der Waals surface area contributed by atoms with Crippen molar-refractivity contribution >= 4 is 34.5 Å². The van der Waals surface area contributed by atoms with Crippen LogP contribution in [0.25, 0.3) is 11.0 Å². The highest BCUT2D eigenvalue weighted by Gasteiger charge is 2.21. The lowest BCUT2D eigenvalue weighted by atomic mass is 9.96. The smallest absolute Gasteiger partial charge is 0.328 e. The molecule has 1 aliphatic heterocycles. The van der Waals surface area contributed by atoms with Crippen LogP contribution in [0.2, 0.25) is 5.02 Å². The highest BCUT2D eigenvalue weighted by atomic mass is 35.5. The standard InChI is InChI=1S/C21H23ClN2O2.C4H4O4/c22-18-6-7-19-20(14-18)26-24(21(19)25)15-17-9-12-23(13-10-17)11-8-16-4-2-1-3-5-16;5-3(6)1-2-4(7)8/h1-7,14,17H,8-13,15H2;1-2H,(H,5,6)(H,7,8). The molecular formula is C25H27ClN2O6. The van der Waals surface area contributed by atoms with Gasteiger partial charge in [0.05, 0.1) is 11.9 Å². The van der Waals surface area contributed by atoms with Crippen LogP contribution in [0, 0.1) is 5.92 Å². The molecule has 2 N–H and O–H groups in total. The molecule has 2 heterocycles. The minimum Gasteiger partial charge on any atom is -0.478 e. The maximum Gasteiger partial charge on any atom is 0.328 e. The summed E-state index contributed by atoms with van der Waals surface area (Å²) in [4.78, 5) is 34.1. The number of rotatable bonds is 7. The maximum atomic E-state index is 12.5. The van der Waals surface area contributed by atoms with Crippen LogP contribution >= 0.6 is 11.6 Å². The Hall–Kier alpha value is -3.36. The molecule has 1 aliphatic rings. The van der Waals surface area contributed by atoms with E-state index in [1.165, 1.54) is 10.3 Å². The van der Waals surface area contributed by atoms with Gasteiger partial charge in [0.2, 0.25) is 0 Å². The molecule has 0 bridgehead atoms. The van der Waals surface area contributed by atoms with E-state index in [0.717, 1.165) is 38.9 Å². The van der Waals surface area contributed by atoms with Crippen LogP contribution in [-0.4, -0.2) is 51.4 Å². The molecule has 1 aromatic heterocycles. The highest BCUT2D eigenvalue weighted by Crippen LogP contribution is 2.21. The zero-order valence-electron chi connectivity index (χ0n) is 18.6. The second-order valence-electron chi connectivity index (χ2n) is 8.13. The molecule has 0 spiro atoms. The fraction of sp³-hybridized carbons (Fsp3) is 0.320. The molecule has 0 aliphatic carbocycles. The number of benzene rings is 2. The van der Waals surface area contributed by atoms with E-state index < -0.39 is 11.9 Å². The van der Waals surface area contributed by atoms with Gasteiger partial charge in [0.25, 0.3) is 5.56 Å². The van der Waals surface area contributed by atoms with E-state index in [0.29, 0.717) is 40.6 Å². The van der Waals surface area contributed by atoms with Crippen molar-refractivity contribution in [2.24, 2.45) is 5.92 Å². The molecule has 4 rings (SSSR count). The lowest BCUT2D eigenvalue weighted by Gasteiger charge is -2.31. The summed E-state index contributed by atoms with van der Waals surface area (Å²) in [6.07, 6.45) is 4.40. The molecule has 34 heavy (non-hydrogen) atoms. The third-order valence-corrected chi connectivity index (χ3v) is 5.90. The van der Waals surface area contributed by atoms with Crippen molar-refractivity contribution in [3.8, 4) is 0 Å². The van der Waals surface area contributed by atoms with Crippen molar-refractivity contribution in [1.29, 1.82) is 0 Å². The number of likely N-dealkylation sites (tertiary alicyclic amines) is 1. The molecule has 3 aromatic rings. The summed E-state index contributed by atoms with van der Waals surface area (Å²) in [6.45, 7) is 3.91. The van der Waals surface area contributed by atoms with E-state index in [2.05, 4.69) is 35.2 Å². The molecule has 1 saturated heterocycles. The number of halogens is 1. The molecule has 0 atom stereocenters. The van der Waals surface area contributed by atoms with Gasteiger partial charge in [-0.25, -0.2) is 9.59 Å². The molecule has 0 amide bonds. The number of nitrogens with zero attached hydrogens (tertiary/aromatic N) is 2. The van der Waals surface area contributed by atoms with Crippen LogP contribution in [0.4, 0.5) is 0 Å². The molecule has 8 nitrogen and oxygen atoms in total. The Morgan fingerprint density at radius 1 is 1.03 bits per heavy atom. The van der Waals surface area contributed by atoms with E-state index >= 15 is 0 Å². The quantitative estimate of drug-likeness (QED) is 0.486. The number of carboxylic acid groups (broad SMARTS) is 2. The summed E-state index contributed by atoms with van der Waals surface area (Å²) in [6, 6.07) is 15.8. The highest BCUT2D eigenvalue weighted by molar-refractivity contribution is 6.31. The summed E-state index contributed by atoms with van der Waals surface area (Å²) in [5.74, 6) is -2.03. The van der Waals surface area contributed by atoms with Gasteiger partial charge in [-0.15, -0.1) is 0 Å². The summed E-state index contributed by atoms with van der Waals surface area (Å²) in [5.41, 5.74) is 1.91. The monoisotopic (exact) mass is 486 g/mol. The van der Waals surface area contributed by atoms with Crippen molar-refractivity contribution in [3.63, 3.8) is 0 Å². The van der Waals surface area contributed by atoms with Crippen LogP contribution in [-0.2, 0) is 22.6 Å². The first-order chi connectivity index (χ1) is 16.3. The lowest BCUT2D eigenvalue weighted by Crippen LogP contribution is -2.37. The fourth-order valence-corrected chi connectivity index (χ4v) is 4.03. The van der Waals surface area contributed by atoms with Crippen LogP contribution < -0.4 is 5.56 Å². The zero-order chi connectivity index (χ0) is 24.5. The molecule has 0 radical (unpaired) electrons. The SMILES string of the molecule is O=C(O)C=CC(=O)O.O=c1c2ccc(Cl)cc2on1CC1CCN(CCc2ccccc2)CC1. The van der Waals surface area contributed by atoms with Gasteiger partial charge in [-0.05, 0) is 56.0 Å². The van der Waals surface area contributed by atoms with Gasteiger partial charge in [-0.1, -0.05) is 41.9 Å². The van der Waals surface area contributed by atoms with E-state index in [1.54, 1.807) is 18.2 Å². The average Bonchev–Trinajstić information content (AvgIpc) is 3.12. The third-order valence-electron chi connectivity index (χ3n) is 5.67. The predicted molar refractivity (Wildman–Crippen MR) is 129 cm³/mol. The van der Waals surface area contributed by atoms with Gasteiger partial charge in [-0.2, -0.15) is 4.74 Å². The molecular weight excluding hydrogens is 460 g/mol. The minimum absolute atomic E-state index is 0.0526. The van der Waals surface area contributed by atoms with Crippen molar-refractivity contribution < 1.29 is 24.3 Å². The Bertz CT molecular complexity index is 1180. The van der Waals surface area contributed by atoms with Gasteiger partial charge < -0.3 is 19.6 Å². The van der Waals surface area contributed by atoms with E-state index in [-0.39, 0.29) is 5.56 Å². The Balaban J connectivity index is 0.000000350. The van der Waals surface area contributed by atoms with Crippen LogP contribution in [0.5, 0.6) is 0 Å². The number of hydrogen-bond donors (Lipinski definition) is 2. The van der Waals surface area contributed by atoms with Gasteiger partial charge in [0.15, 0.2) is 5.58 Å². The Morgan fingerprint density at radius 2 is 1.68 bits per heavy atom. The number of carbonyl (C=O) groups is 2. The maximum absolute atomic E-state index is 12.5. The Labute approximate surface area is 201 Å². The van der Waals surface area contributed by atoms with E-state index in [1.807, 2.05) is 0 Å². The summed E-state index contributed by atoms with van der Waals surface area (Å²) < 4.78 is 7.23. The lowest BCUT2D eigenvalue weighted by molar-refractivity contribution is -0.134. The molecule has 2 aromatic carbocycles. The summed E-state index contributed by atoms with van der Waals surface area (Å²) in [7, 11) is 0. The van der Waals surface area contributed by atoms with Crippen LogP contribution in [0.15, 0.2) is 70.0 Å². The first-order valence-corrected chi connectivity index (χ1v) is 11.4. The number of hydrogen-bond acceptors (Lipinski definition) is 5. The number of aromatic nitrogens is 1. The summed E-state index contributed by atoms with van der Waals surface area (Å²) in [5, 5.41) is 16.8. The summed E-state index contributed by atoms with van der Waals surface area (Å²) >= 11 is 5.99. The van der Waals surface area contributed by atoms with Crippen LogP contribution in [0.1, 0.15) is 18.4 Å².